The number of hydrogen-bond acceptors (Lipinski definition) is 2. The first-order valence-electron chi connectivity index (χ1n) is 4.86. The average Bonchev–Trinajstić information content (AvgIpc) is 2.59. The van der Waals surface area contributed by atoms with Crippen LogP contribution < -0.4 is 0 Å². The number of hydrogen-bond donors (Lipinski definition) is 1. The van der Waals surface area contributed by atoms with Gasteiger partial charge >= 0.3 is 0 Å². The Balaban J connectivity index is 2.76. The predicted molar refractivity (Wildman–Crippen MR) is 61.9 cm³/mol. The summed E-state index contributed by atoms with van der Waals surface area (Å²) in [4.78, 5) is 0. The summed E-state index contributed by atoms with van der Waals surface area (Å²) >= 11 is 1.76. The minimum atomic E-state index is 0.141. The van der Waals surface area contributed by atoms with Gasteiger partial charge in [0.15, 0.2) is 0 Å². The first-order chi connectivity index (χ1) is 6.76. The molecule has 0 aliphatic rings. The van der Waals surface area contributed by atoms with Gasteiger partial charge in [-0.15, -0.1) is 11.3 Å². The van der Waals surface area contributed by atoms with Crippen molar-refractivity contribution in [2.75, 3.05) is 0 Å². The van der Waals surface area contributed by atoms with Crippen molar-refractivity contribution >= 4 is 21.4 Å². The molecule has 14 heavy (non-hydrogen) atoms. The number of rotatable bonds is 2. The summed E-state index contributed by atoms with van der Waals surface area (Å²) in [7, 11) is 0. The van der Waals surface area contributed by atoms with Crippen molar-refractivity contribution in [1.29, 1.82) is 0 Å². The largest absolute Gasteiger partial charge is 0.392 e. The van der Waals surface area contributed by atoms with E-state index in [1.54, 1.807) is 11.3 Å². The highest BCUT2D eigenvalue weighted by Crippen LogP contribution is 2.30. The zero-order valence-corrected chi connectivity index (χ0v) is 9.32. The molecular weight excluding hydrogens is 192 g/mol. The lowest BCUT2D eigenvalue weighted by Crippen LogP contribution is -1.89. The third kappa shape index (κ3) is 1.45. The summed E-state index contributed by atoms with van der Waals surface area (Å²) in [6.45, 7) is 4.38. The second kappa shape index (κ2) is 3.71. The fraction of sp³-hybridized carbons (Fsp3) is 0.333. The van der Waals surface area contributed by atoms with E-state index in [0.29, 0.717) is 0 Å². The number of aliphatic hydroxyl groups excluding tert-OH is 1. The van der Waals surface area contributed by atoms with Crippen molar-refractivity contribution in [2.24, 2.45) is 0 Å². The Labute approximate surface area is 88.0 Å². The maximum atomic E-state index is 9.30. The van der Waals surface area contributed by atoms with Crippen molar-refractivity contribution in [1.82, 2.24) is 0 Å². The molecule has 0 atom stereocenters. The van der Waals surface area contributed by atoms with Crippen LogP contribution in [0.4, 0.5) is 0 Å². The second-order valence-electron chi connectivity index (χ2n) is 3.56. The van der Waals surface area contributed by atoms with Crippen LogP contribution in [0.2, 0.25) is 0 Å². The molecule has 0 fully saturated rings. The Morgan fingerprint density at radius 1 is 1.36 bits per heavy atom. The topological polar surface area (TPSA) is 20.2 Å². The molecule has 1 nitrogen and oxygen atoms in total. The molecule has 1 heterocycles. The summed E-state index contributed by atoms with van der Waals surface area (Å²) in [5, 5.41) is 12.7. The molecule has 0 saturated heterocycles. The molecule has 0 bridgehead atoms. The van der Waals surface area contributed by atoms with Gasteiger partial charge in [0.25, 0.3) is 0 Å². The quantitative estimate of drug-likeness (QED) is 0.799. The van der Waals surface area contributed by atoms with Crippen LogP contribution >= 0.6 is 11.3 Å². The normalized spacial score (nSPS) is 11.1. The fourth-order valence-electron chi connectivity index (χ4n) is 1.82. The van der Waals surface area contributed by atoms with Gasteiger partial charge in [0.2, 0.25) is 0 Å². The molecule has 1 aromatic heterocycles. The SMILES string of the molecule is CCc1cc(CO)c2c(C)csc2c1. The lowest BCUT2D eigenvalue weighted by atomic mass is 10.0. The van der Waals surface area contributed by atoms with Gasteiger partial charge in [-0.25, -0.2) is 0 Å². The molecule has 0 radical (unpaired) electrons. The maximum absolute atomic E-state index is 9.30. The standard InChI is InChI=1S/C12H14OS/c1-3-9-4-10(6-13)12-8(2)7-14-11(12)5-9/h4-5,7,13H,3,6H2,1-2H3. The van der Waals surface area contributed by atoms with E-state index < -0.39 is 0 Å². The number of benzene rings is 1. The molecule has 2 rings (SSSR count). The zero-order valence-electron chi connectivity index (χ0n) is 8.50. The molecule has 0 aliphatic heterocycles. The van der Waals surface area contributed by atoms with E-state index >= 15 is 0 Å². The highest BCUT2D eigenvalue weighted by Gasteiger charge is 2.06. The number of fused-ring (bicyclic) bond motifs is 1. The first kappa shape index (κ1) is 9.69. The second-order valence-corrected chi connectivity index (χ2v) is 4.47. The molecular formula is C12H14OS. The molecule has 0 unspecified atom stereocenters. The summed E-state index contributed by atoms with van der Waals surface area (Å²) in [6, 6.07) is 4.34. The van der Waals surface area contributed by atoms with Crippen LogP contribution in [0.5, 0.6) is 0 Å². The van der Waals surface area contributed by atoms with E-state index in [4.69, 9.17) is 0 Å². The van der Waals surface area contributed by atoms with Gasteiger partial charge in [-0.3, -0.25) is 0 Å². The van der Waals surface area contributed by atoms with Crippen molar-refractivity contribution in [3.8, 4) is 0 Å². The van der Waals surface area contributed by atoms with Crippen LogP contribution in [0.25, 0.3) is 10.1 Å². The van der Waals surface area contributed by atoms with Crippen LogP contribution in [-0.2, 0) is 13.0 Å². The third-order valence-electron chi connectivity index (χ3n) is 2.58. The first-order valence-corrected chi connectivity index (χ1v) is 5.74. The predicted octanol–water partition coefficient (Wildman–Crippen LogP) is 3.26. The van der Waals surface area contributed by atoms with Gasteiger partial charge in [0, 0.05) is 10.1 Å². The number of aryl methyl sites for hydroxylation is 2. The molecule has 1 aromatic carbocycles. The van der Waals surface area contributed by atoms with Gasteiger partial charge in [-0.1, -0.05) is 13.0 Å². The van der Waals surface area contributed by atoms with E-state index in [9.17, 15) is 5.11 Å². The average molecular weight is 206 g/mol. The van der Waals surface area contributed by atoms with E-state index in [-0.39, 0.29) is 6.61 Å². The molecule has 1 N–H and O–H groups in total. The van der Waals surface area contributed by atoms with Crippen molar-refractivity contribution in [2.45, 2.75) is 26.9 Å². The van der Waals surface area contributed by atoms with Crippen LogP contribution in [0.1, 0.15) is 23.6 Å². The van der Waals surface area contributed by atoms with Crippen molar-refractivity contribution in [3.63, 3.8) is 0 Å². The van der Waals surface area contributed by atoms with Gasteiger partial charge in [-0.2, -0.15) is 0 Å². The summed E-state index contributed by atoms with van der Waals surface area (Å²) in [6.07, 6.45) is 1.03. The Morgan fingerprint density at radius 3 is 2.79 bits per heavy atom. The van der Waals surface area contributed by atoms with Gasteiger partial charge in [0.05, 0.1) is 6.61 Å². The Kier molecular flexibility index (Phi) is 2.57. The molecule has 0 spiro atoms. The molecule has 0 amide bonds. The molecule has 0 aliphatic carbocycles. The van der Waals surface area contributed by atoms with Gasteiger partial charge < -0.3 is 5.11 Å². The number of thiophene rings is 1. The van der Waals surface area contributed by atoms with Crippen LogP contribution in [0.15, 0.2) is 17.5 Å². The maximum Gasteiger partial charge on any atom is 0.0688 e. The summed E-state index contributed by atoms with van der Waals surface area (Å²) in [5.41, 5.74) is 3.65. The molecule has 74 valence electrons. The van der Waals surface area contributed by atoms with Crippen molar-refractivity contribution < 1.29 is 5.11 Å². The minimum Gasteiger partial charge on any atom is -0.392 e. The monoisotopic (exact) mass is 206 g/mol. The lowest BCUT2D eigenvalue weighted by Gasteiger charge is -2.04. The van der Waals surface area contributed by atoms with Gasteiger partial charge in [0.1, 0.15) is 0 Å². The highest BCUT2D eigenvalue weighted by atomic mass is 32.1. The van der Waals surface area contributed by atoms with E-state index in [1.165, 1.54) is 21.2 Å². The lowest BCUT2D eigenvalue weighted by molar-refractivity contribution is 0.283. The van der Waals surface area contributed by atoms with E-state index in [1.807, 2.05) is 0 Å². The molecule has 2 heteroatoms. The molecule has 0 saturated carbocycles. The fourth-order valence-corrected chi connectivity index (χ4v) is 2.87. The Bertz CT molecular complexity index is 457. The Morgan fingerprint density at radius 2 is 2.14 bits per heavy atom. The van der Waals surface area contributed by atoms with Gasteiger partial charge in [-0.05, 0) is 41.5 Å². The summed E-state index contributed by atoms with van der Waals surface area (Å²) < 4.78 is 1.30. The molecule has 2 aromatic rings. The van der Waals surface area contributed by atoms with E-state index in [2.05, 4.69) is 31.4 Å². The zero-order chi connectivity index (χ0) is 10.1. The van der Waals surface area contributed by atoms with Crippen LogP contribution in [0.3, 0.4) is 0 Å². The Hall–Kier alpha value is -0.860. The highest BCUT2D eigenvalue weighted by molar-refractivity contribution is 7.17. The number of aliphatic hydroxyl groups is 1. The van der Waals surface area contributed by atoms with E-state index in [0.717, 1.165) is 12.0 Å². The van der Waals surface area contributed by atoms with Crippen molar-refractivity contribution in [3.05, 3.63) is 34.2 Å². The summed E-state index contributed by atoms with van der Waals surface area (Å²) in [5.74, 6) is 0. The van der Waals surface area contributed by atoms with Crippen LogP contribution in [-0.4, -0.2) is 5.11 Å². The minimum absolute atomic E-state index is 0.141. The third-order valence-corrected chi connectivity index (χ3v) is 3.63. The van der Waals surface area contributed by atoms with Crippen LogP contribution in [0, 0.1) is 6.92 Å². The smallest absolute Gasteiger partial charge is 0.0688 e.